The number of carbonyl (C=O) groups is 4. The number of ketones is 2. The summed E-state index contributed by atoms with van der Waals surface area (Å²) in [7, 11) is 0. The van der Waals surface area contributed by atoms with E-state index in [1.54, 1.807) is 0 Å². The van der Waals surface area contributed by atoms with E-state index < -0.39 is 29.3 Å². The van der Waals surface area contributed by atoms with E-state index >= 15 is 0 Å². The fourth-order valence-corrected chi connectivity index (χ4v) is 2.99. The van der Waals surface area contributed by atoms with Crippen LogP contribution in [0.1, 0.15) is 45.7 Å². The molecule has 7 nitrogen and oxygen atoms in total. The van der Waals surface area contributed by atoms with Gasteiger partial charge in [0.05, 0.1) is 21.7 Å². The van der Waals surface area contributed by atoms with Crippen LogP contribution in [0.15, 0.2) is 24.3 Å². The fourth-order valence-electron chi connectivity index (χ4n) is 2.76. The van der Waals surface area contributed by atoms with Gasteiger partial charge in [0.1, 0.15) is 11.5 Å². The first kappa shape index (κ1) is 17.6. The minimum absolute atomic E-state index is 0.0630. The zero-order valence-corrected chi connectivity index (χ0v) is 14.3. The average molecular weight is 375 g/mol. The van der Waals surface area contributed by atoms with Crippen LogP contribution in [0.25, 0.3) is 0 Å². The Morgan fingerprint density at radius 3 is 2.23 bits per heavy atom. The van der Waals surface area contributed by atoms with Crippen LogP contribution in [0.2, 0.25) is 5.02 Å². The molecule has 0 spiro atoms. The minimum atomic E-state index is -0.778. The number of benzene rings is 2. The molecule has 0 unspecified atom stereocenters. The summed E-state index contributed by atoms with van der Waals surface area (Å²) in [6.45, 7) is 2.22. The van der Waals surface area contributed by atoms with Crippen LogP contribution in [0.3, 0.4) is 0 Å². The number of phenolic OH excluding ortho intramolecular Hbond substituents is 1. The van der Waals surface area contributed by atoms with Crippen LogP contribution in [-0.4, -0.2) is 28.6 Å². The largest absolute Gasteiger partial charge is 0.507 e. The second-order valence-corrected chi connectivity index (χ2v) is 5.89. The third kappa shape index (κ3) is 2.72. The van der Waals surface area contributed by atoms with Crippen molar-refractivity contribution >= 4 is 35.1 Å². The standard InChI is InChI=1S/C18H11ClO7/c1-7(20)25-12-6-10(19)18(26-8(2)21)15-14(12)16(23)9-4-3-5-11(22)13(9)17(15)24/h3-6,22H,1-2H3. The van der Waals surface area contributed by atoms with Crippen molar-refractivity contribution < 1.29 is 33.8 Å². The van der Waals surface area contributed by atoms with Gasteiger partial charge in [-0.25, -0.2) is 0 Å². The first-order valence-corrected chi connectivity index (χ1v) is 7.74. The average Bonchev–Trinajstić information content (AvgIpc) is 2.53. The summed E-state index contributed by atoms with van der Waals surface area (Å²) >= 11 is 6.08. The van der Waals surface area contributed by atoms with E-state index in [2.05, 4.69) is 0 Å². The van der Waals surface area contributed by atoms with E-state index in [1.807, 2.05) is 0 Å². The van der Waals surface area contributed by atoms with Crippen molar-refractivity contribution in [1.29, 1.82) is 0 Å². The normalized spacial score (nSPS) is 12.3. The maximum Gasteiger partial charge on any atom is 0.308 e. The molecule has 8 heteroatoms. The molecule has 0 bridgehead atoms. The molecule has 132 valence electrons. The van der Waals surface area contributed by atoms with Gasteiger partial charge in [0.15, 0.2) is 11.5 Å². The Morgan fingerprint density at radius 2 is 1.62 bits per heavy atom. The highest BCUT2D eigenvalue weighted by Crippen LogP contribution is 2.44. The second-order valence-electron chi connectivity index (χ2n) is 5.48. The summed E-state index contributed by atoms with van der Waals surface area (Å²) in [5.41, 5.74) is -0.909. The highest BCUT2D eigenvalue weighted by atomic mass is 35.5. The molecule has 0 atom stereocenters. The lowest BCUT2D eigenvalue weighted by atomic mass is 9.82. The number of fused-ring (bicyclic) bond motifs is 2. The van der Waals surface area contributed by atoms with Crippen molar-refractivity contribution in [2.75, 3.05) is 0 Å². The third-order valence-corrected chi connectivity index (χ3v) is 3.95. The van der Waals surface area contributed by atoms with Crippen LogP contribution in [0, 0.1) is 0 Å². The number of rotatable bonds is 2. The van der Waals surface area contributed by atoms with Crippen LogP contribution < -0.4 is 9.47 Å². The molecule has 0 saturated heterocycles. The van der Waals surface area contributed by atoms with Gasteiger partial charge in [-0.15, -0.1) is 0 Å². The van der Waals surface area contributed by atoms with Gasteiger partial charge in [0, 0.05) is 25.5 Å². The quantitative estimate of drug-likeness (QED) is 0.542. The number of hydrogen-bond acceptors (Lipinski definition) is 7. The third-order valence-electron chi connectivity index (χ3n) is 3.67. The Morgan fingerprint density at radius 1 is 0.962 bits per heavy atom. The summed E-state index contributed by atoms with van der Waals surface area (Å²) in [4.78, 5) is 48.7. The first-order chi connectivity index (χ1) is 12.2. The number of ether oxygens (including phenoxy) is 2. The number of carbonyl (C=O) groups excluding carboxylic acids is 4. The van der Waals surface area contributed by atoms with Crippen LogP contribution in [0.4, 0.5) is 0 Å². The zero-order valence-electron chi connectivity index (χ0n) is 13.6. The summed E-state index contributed by atoms with van der Waals surface area (Å²) in [5, 5.41) is 9.83. The van der Waals surface area contributed by atoms with Gasteiger partial charge in [-0.3, -0.25) is 19.2 Å². The maximum absolute atomic E-state index is 13.0. The molecule has 3 rings (SSSR count). The Bertz CT molecular complexity index is 1010. The van der Waals surface area contributed by atoms with Gasteiger partial charge < -0.3 is 14.6 Å². The monoisotopic (exact) mass is 374 g/mol. The van der Waals surface area contributed by atoms with Crippen molar-refractivity contribution in [2.24, 2.45) is 0 Å². The van der Waals surface area contributed by atoms with E-state index in [1.165, 1.54) is 18.2 Å². The first-order valence-electron chi connectivity index (χ1n) is 7.37. The number of phenols is 1. The van der Waals surface area contributed by atoms with E-state index in [4.69, 9.17) is 21.1 Å². The maximum atomic E-state index is 13.0. The highest BCUT2D eigenvalue weighted by molar-refractivity contribution is 6.37. The van der Waals surface area contributed by atoms with Gasteiger partial charge in [0.2, 0.25) is 5.78 Å². The van der Waals surface area contributed by atoms with Crippen molar-refractivity contribution in [3.8, 4) is 17.2 Å². The minimum Gasteiger partial charge on any atom is -0.507 e. The molecule has 0 fully saturated rings. The predicted octanol–water partition coefficient (Wildman–Crippen LogP) is 2.67. The summed E-state index contributed by atoms with van der Waals surface area (Å²) in [6.07, 6.45) is 0. The van der Waals surface area contributed by atoms with Gasteiger partial charge in [-0.1, -0.05) is 23.7 Å². The van der Waals surface area contributed by atoms with Crippen molar-refractivity contribution in [2.45, 2.75) is 13.8 Å². The lowest BCUT2D eigenvalue weighted by molar-refractivity contribution is -0.133. The molecular formula is C18H11ClO7. The summed E-state index contributed by atoms with van der Waals surface area (Å²) in [5.74, 6) is -3.93. The van der Waals surface area contributed by atoms with E-state index in [0.29, 0.717) is 0 Å². The molecule has 0 saturated carbocycles. The molecule has 0 aromatic heterocycles. The molecule has 2 aromatic carbocycles. The number of hydrogen-bond donors (Lipinski definition) is 1. The number of esters is 2. The molecule has 0 aliphatic heterocycles. The van der Waals surface area contributed by atoms with Gasteiger partial charge in [-0.05, 0) is 6.07 Å². The fraction of sp³-hybridized carbons (Fsp3) is 0.111. The number of halogens is 1. The van der Waals surface area contributed by atoms with E-state index in [0.717, 1.165) is 19.9 Å². The summed E-state index contributed by atoms with van der Waals surface area (Å²) in [6, 6.07) is 5.13. The Labute approximate surface area is 152 Å². The highest BCUT2D eigenvalue weighted by Gasteiger charge is 2.38. The molecular weight excluding hydrogens is 364 g/mol. The number of aromatic hydroxyl groups is 1. The summed E-state index contributed by atoms with van der Waals surface area (Å²) < 4.78 is 10.0. The zero-order chi connectivity index (χ0) is 19.2. The van der Waals surface area contributed by atoms with E-state index in [9.17, 15) is 24.3 Å². The van der Waals surface area contributed by atoms with Gasteiger partial charge >= 0.3 is 11.9 Å². The molecule has 1 aliphatic rings. The van der Waals surface area contributed by atoms with Crippen molar-refractivity contribution in [3.05, 3.63) is 51.5 Å². The SMILES string of the molecule is CC(=O)Oc1cc(Cl)c(OC(C)=O)c2c1C(=O)c1cccc(O)c1C2=O. The van der Waals surface area contributed by atoms with Crippen LogP contribution >= 0.6 is 11.6 Å². The smallest absolute Gasteiger partial charge is 0.308 e. The topological polar surface area (TPSA) is 107 Å². The lowest BCUT2D eigenvalue weighted by Gasteiger charge is -2.23. The molecule has 26 heavy (non-hydrogen) atoms. The van der Waals surface area contributed by atoms with E-state index in [-0.39, 0.29) is 38.8 Å². The molecule has 0 amide bonds. The van der Waals surface area contributed by atoms with Crippen molar-refractivity contribution in [3.63, 3.8) is 0 Å². The Hall–Kier alpha value is -3.19. The molecule has 0 heterocycles. The Kier molecular flexibility index (Phi) is 4.25. The molecule has 1 N–H and O–H groups in total. The van der Waals surface area contributed by atoms with Gasteiger partial charge in [-0.2, -0.15) is 0 Å². The second kappa shape index (κ2) is 6.27. The molecule has 0 radical (unpaired) electrons. The van der Waals surface area contributed by atoms with Crippen molar-refractivity contribution in [1.82, 2.24) is 0 Å². The molecule has 1 aliphatic carbocycles. The Balaban J connectivity index is 2.39. The van der Waals surface area contributed by atoms with Crippen LogP contribution in [0.5, 0.6) is 17.2 Å². The van der Waals surface area contributed by atoms with Crippen LogP contribution in [-0.2, 0) is 9.59 Å². The lowest BCUT2D eigenvalue weighted by Crippen LogP contribution is -2.24. The van der Waals surface area contributed by atoms with Gasteiger partial charge in [0.25, 0.3) is 0 Å². The predicted molar refractivity (Wildman–Crippen MR) is 89.0 cm³/mol. The molecule has 2 aromatic rings.